The van der Waals surface area contributed by atoms with E-state index in [9.17, 15) is 5.11 Å². The number of hydrogen-bond donors (Lipinski definition) is 2. The van der Waals surface area contributed by atoms with E-state index in [0.717, 1.165) is 11.4 Å². The van der Waals surface area contributed by atoms with Gasteiger partial charge >= 0.3 is 0 Å². The first-order chi connectivity index (χ1) is 9.63. The Hall–Kier alpha value is -1.78. The van der Waals surface area contributed by atoms with Crippen molar-refractivity contribution in [2.45, 2.75) is 13.0 Å². The van der Waals surface area contributed by atoms with E-state index < -0.39 is 6.10 Å². The largest absolute Gasteiger partial charge is 0.491 e. The van der Waals surface area contributed by atoms with E-state index in [1.54, 1.807) is 24.3 Å². The summed E-state index contributed by atoms with van der Waals surface area (Å²) in [6.45, 7) is 2.65. The fourth-order valence-corrected chi connectivity index (χ4v) is 1.82. The summed E-state index contributed by atoms with van der Waals surface area (Å²) in [6, 6.07) is 11.0. The minimum Gasteiger partial charge on any atom is -0.491 e. The molecule has 0 radical (unpaired) electrons. The zero-order chi connectivity index (χ0) is 14.4. The third-order valence-corrected chi connectivity index (χ3v) is 2.99. The quantitative estimate of drug-likeness (QED) is 0.859. The highest BCUT2D eigenvalue weighted by Crippen LogP contribution is 2.15. The molecule has 0 unspecified atom stereocenters. The number of aryl methyl sites for hydroxylation is 1. The molecule has 0 bridgehead atoms. The highest BCUT2D eigenvalue weighted by Gasteiger charge is 2.09. The van der Waals surface area contributed by atoms with Gasteiger partial charge in [0.15, 0.2) is 0 Å². The SMILES string of the molecule is Cc1cc[nH+]c(NC[C@@H](O)COc2ccc(Cl)cc2)c1. The number of ether oxygens (including phenoxy) is 1. The molecule has 5 heteroatoms. The monoisotopic (exact) mass is 293 g/mol. The van der Waals surface area contributed by atoms with Crippen LogP contribution in [-0.2, 0) is 0 Å². The van der Waals surface area contributed by atoms with Crippen molar-refractivity contribution in [3.05, 3.63) is 53.2 Å². The molecule has 0 aliphatic heterocycles. The first-order valence-corrected chi connectivity index (χ1v) is 6.80. The van der Waals surface area contributed by atoms with Gasteiger partial charge in [0, 0.05) is 11.1 Å². The molecule has 1 aromatic carbocycles. The van der Waals surface area contributed by atoms with Gasteiger partial charge in [-0.25, -0.2) is 4.98 Å². The van der Waals surface area contributed by atoms with Crippen LogP contribution >= 0.6 is 11.6 Å². The molecule has 1 atom stereocenters. The van der Waals surface area contributed by atoms with Gasteiger partial charge in [0.1, 0.15) is 25.0 Å². The lowest BCUT2D eigenvalue weighted by Gasteiger charge is -2.11. The molecule has 20 heavy (non-hydrogen) atoms. The van der Waals surface area contributed by atoms with Crippen molar-refractivity contribution >= 4 is 17.4 Å². The Balaban J connectivity index is 1.75. The maximum atomic E-state index is 9.87. The number of halogens is 1. The summed E-state index contributed by atoms with van der Waals surface area (Å²) in [5.41, 5.74) is 1.15. The number of anilines is 1. The predicted molar refractivity (Wildman–Crippen MR) is 79.2 cm³/mol. The Morgan fingerprint density at radius 2 is 2.05 bits per heavy atom. The summed E-state index contributed by atoms with van der Waals surface area (Å²) < 4.78 is 5.48. The van der Waals surface area contributed by atoms with Gasteiger partial charge in [-0.15, -0.1) is 0 Å². The second kappa shape index (κ2) is 7.12. The standard InChI is InChI=1S/C15H17ClN2O2/c1-11-6-7-17-15(8-11)18-9-13(19)10-20-14-4-2-12(16)3-5-14/h2-8,13,19H,9-10H2,1H3,(H,17,18)/p+1/t13-/m1/s1. The number of aliphatic hydroxyl groups is 1. The summed E-state index contributed by atoms with van der Waals surface area (Å²) in [5.74, 6) is 1.56. The van der Waals surface area contributed by atoms with Crippen LogP contribution in [-0.4, -0.2) is 24.4 Å². The molecular weight excluding hydrogens is 276 g/mol. The number of pyridine rings is 1. The van der Waals surface area contributed by atoms with Crippen molar-refractivity contribution < 1.29 is 14.8 Å². The van der Waals surface area contributed by atoms with Crippen molar-refractivity contribution in [2.24, 2.45) is 0 Å². The van der Waals surface area contributed by atoms with Crippen LogP contribution in [0.1, 0.15) is 5.56 Å². The van der Waals surface area contributed by atoms with E-state index in [1.807, 2.05) is 25.3 Å². The van der Waals surface area contributed by atoms with Crippen LogP contribution in [0.15, 0.2) is 42.6 Å². The van der Waals surface area contributed by atoms with Crippen LogP contribution < -0.4 is 15.0 Å². The summed E-state index contributed by atoms with van der Waals surface area (Å²) in [7, 11) is 0. The Kier molecular flexibility index (Phi) is 5.21. The number of benzene rings is 1. The fraction of sp³-hybridized carbons (Fsp3) is 0.267. The maximum Gasteiger partial charge on any atom is 0.272 e. The van der Waals surface area contributed by atoms with Crippen molar-refractivity contribution in [1.29, 1.82) is 0 Å². The van der Waals surface area contributed by atoms with E-state index in [4.69, 9.17) is 16.3 Å². The molecule has 0 saturated carbocycles. The second-order valence-electron chi connectivity index (χ2n) is 4.58. The van der Waals surface area contributed by atoms with Crippen molar-refractivity contribution in [1.82, 2.24) is 0 Å². The van der Waals surface area contributed by atoms with Gasteiger partial charge in [-0.2, -0.15) is 0 Å². The van der Waals surface area contributed by atoms with E-state index in [-0.39, 0.29) is 6.61 Å². The van der Waals surface area contributed by atoms with Gasteiger partial charge < -0.3 is 9.84 Å². The smallest absolute Gasteiger partial charge is 0.272 e. The molecule has 0 spiro atoms. The van der Waals surface area contributed by atoms with Crippen LogP contribution in [0.5, 0.6) is 5.75 Å². The highest BCUT2D eigenvalue weighted by molar-refractivity contribution is 6.30. The number of nitrogens with one attached hydrogen (secondary N) is 2. The molecule has 1 heterocycles. The lowest BCUT2D eigenvalue weighted by atomic mass is 10.3. The molecule has 3 N–H and O–H groups in total. The summed E-state index contributed by atoms with van der Waals surface area (Å²) in [4.78, 5) is 3.07. The third kappa shape index (κ3) is 4.72. The van der Waals surface area contributed by atoms with E-state index in [0.29, 0.717) is 17.3 Å². The van der Waals surface area contributed by atoms with Crippen LogP contribution in [0.3, 0.4) is 0 Å². The van der Waals surface area contributed by atoms with Gasteiger partial charge in [0.25, 0.3) is 5.82 Å². The van der Waals surface area contributed by atoms with E-state index in [2.05, 4.69) is 10.3 Å². The molecule has 0 aliphatic rings. The Labute approximate surface area is 123 Å². The predicted octanol–water partition coefficient (Wildman–Crippen LogP) is 2.31. The number of aromatic nitrogens is 1. The van der Waals surface area contributed by atoms with Crippen LogP contribution in [0, 0.1) is 6.92 Å². The third-order valence-electron chi connectivity index (χ3n) is 2.74. The topological polar surface area (TPSA) is 55.6 Å². The Morgan fingerprint density at radius 3 is 2.75 bits per heavy atom. The van der Waals surface area contributed by atoms with Crippen LogP contribution in [0.25, 0.3) is 0 Å². The van der Waals surface area contributed by atoms with Crippen molar-refractivity contribution in [2.75, 3.05) is 18.5 Å². The molecule has 1 aromatic heterocycles. The summed E-state index contributed by atoms with van der Waals surface area (Å²) in [6.07, 6.45) is 1.26. The molecule has 106 valence electrons. The number of rotatable bonds is 6. The van der Waals surface area contributed by atoms with Gasteiger partial charge in [-0.1, -0.05) is 11.6 Å². The van der Waals surface area contributed by atoms with Gasteiger partial charge in [0.05, 0.1) is 6.20 Å². The summed E-state index contributed by atoms with van der Waals surface area (Å²) >= 11 is 5.79. The zero-order valence-electron chi connectivity index (χ0n) is 11.3. The minimum atomic E-state index is -0.598. The lowest BCUT2D eigenvalue weighted by molar-refractivity contribution is -0.361. The van der Waals surface area contributed by atoms with Gasteiger partial charge in [0.2, 0.25) is 0 Å². The average molecular weight is 294 g/mol. The van der Waals surface area contributed by atoms with Crippen molar-refractivity contribution in [3.63, 3.8) is 0 Å². The Bertz CT molecular complexity index is 546. The summed E-state index contributed by atoms with van der Waals surface area (Å²) in [5, 5.41) is 13.7. The molecule has 0 aliphatic carbocycles. The second-order valence-corrected chi connectivity index (χ2v) is 5.02. The van der Waals surface area contributed by atoms with Crippen molar-refractivity contribution in [3.8, 4) is 5.75 Å². The number of aliphatic hydroxyl groups excluding tert-OH is 1. The molecule has 0 amide bonds. The lowest BCUT2D eigenvalue weighted by Crippen LogP contribution is -2.28. The fourth-order valence-electron chi connectivity index (χ4n) is 1.69. The number of hydrogen-bond acceptors (Lipinski definition) is 3. The molecular formula is C15H18ClN2O2+. The Morgan fingerprint density at radius 1 is 1.30 bits per heavy atom. The molecule has 2 aromatic rings. The molecule has 0 fully saturated rings. The van der Waals surface area contributed by atoms with Crippen LogP contribution in [0.4, 0.5) is 5.82 Å². The van der Waals surface area contributed by atoms with Gasteiger partial charge in [-0.05, 0) is 42.8 Å². The van der Waals surface area contributed by atoms with E-state index in [1.165, 1.54) is 0 Å². The zero-order valence-corrected chi connectivity index (χ0v) is 12.0. The first-order valence-electron chi connectivity index (χ1n) is 6.42. The molecule has 2 rings (SSSR count). The normalized spacial score (nSPS) is 11.9. The average Bonchev–Trinajstić information content (AvgIpc) is 2.45. The van der Waals surface area contributed by atoms with Crippen LogP contribution in [0.2, 0.25) is 5.02 Å². The number of aromatic amines is 1. The first kappa shape index (κ1) is 14.6. The highest BCUT2D eigenvalue weighted by atomic mass is 35.5. The van der Waals surface area contributed by atoms with E-state index >= 15 is 0 Å². The number of H-pyrrole nitrogens is 1. The molecule has 0 saturated heterocycles. The van der Waals surface area contributed by atoms with Gasteiger partial charge in [-0.3, -0.25) is 5.32 Å². The molecule has 4 nitrogen and oxygen atoms in total. The maximum absolute atomic E-state index is 9.87. The minimum absolute atomic E-state index is 0.223.